The average Bonchev–Trinajstić information content (AvgIpc) is 2.14. The van der Waals surface area contributed by atoms with Crippen molar-refractivity contribution in [3.63, 3.8) is 0 Å². The Morgan fingerprint density at radius 1 is 1.21 bits per heavy atom. The number of alkyl halides is 2. The molecule has 0 heterocycles. The van der Waals surface area contributed by atoms with Crippen molar-refractivity contribution in [3.8, 4) is 5.75 Å². The van der Waals surface area contributed by atoms with Crippen molar-refractivity contribution >= 4 is 0 Å². The van der Waals surface area contributed by atoms with Gasteiger partial charge in [-0.1, -0.05) is 19.9 Å². The van der Waals surface area contributed by atoms with Crippen molar-refractivity contribution in [3.05, 3.63) is 29.6 Å². The molecule has 14 heavy (non-hydrogen) atoms. The zero-order valence-corrected chi connectivity index (χ0v) is 8.35. The predicted octanol–water partition coefficient (Wildman–Crippen LogP) is 3.76. The van der Waals surface area contributed by atoms with Gasteiger partial charge in [0.25, 0.3) is 0 Å². The molecule has 0 unspecified atom stereocenters. The van der Waals surface area contributed by atoms with E-state index in [4.69, 9.17) is 0 Å². The van der Waals surface area contributed by atoms with Crippen LogP contribution in [0.5, 0.6) is 5.75 Å². The van der Waals surface area contributed by atoms with Crippen molar-refractivity contribution in [1.82, 2.24) is 0 Å². The van der Waals surface area contributed by atoms with Gasteiger partial charge >= 0.3 is 6.61 Å². The number of rotatable bonds is 2. The van der Waals surface area contributed by atoms with Gasteiger partial charge in [-0.3, -0.25) is 0 Å². The van der Waals surface area contributed by atoms with Gasteiger partial charge in [-0.2, -0.15) is 8.78 Å². The maximum Gasteiger partial charge on any atom is 0.387 e. The summed E-state index contributed by atoms with van der Waals surface area (Å²) in [4.78, 5) is 0. The van der Waals surface area contributed by atoms with Gasteiger partial charge in [0, 0.05) is 6.07 Å². The number of hydrogen-bond donors (Lipinski definition) is 0. The van der Waals surface area contributed by atoms with E-state index in [1.54, 1.807) is 6.92 Å². The quantitative estimate of drug-likeness (QED) is 0.715. The first kappa shape index (κ1) is 12.8. The zero-order valence-electron chi connectivity index (χ0n) is 8.35. The summed E-state index contributed by atoms with van der Waals surface area (Å²) in [5.41, 5.74) is 0.400. The number of halogens is 3. The van der Waals surface area contributed by atoms with Crippen LogP contribution in [0.15, 0.2) is 18.2 Å². The highest BCUT2D eigenvalue weighted by atomic mass is 19.3. The molecule has 0 saturated heterocycles. The average molecular weight is 206 g/mol. The van der Waals surface area contributed by atoms with E-state index in [9.17, 15) is 13.2 Å². The largest absolute Gasteiger partial charge is 0.435 e. The molecule has 0 aliphatic heterocycles. The van der Waals surface area contributed by atoms with Crippen molar-refractivity contribution in [2.24, 2.45) is 0 Å². The van der Waals surface area contributed by atoms with Gasteiger partial charge in [0.05, 0.1) is 0 Å². The third-order valence-electron chi connectivity index (χ3n) is 1.37. The lowest BCUT2D eigenvalue weighted by Gasteiger charge is -2.04. The number of aryl methyl sites for hydroxylation is 1. The van der Waals surface area contributed by atoms with Gasteiger partial charge < -0.3 is 4.74 Å². The van der Waals surface area contributed by atoms with Gasteiger partial charge in [-0.25, -0.2) is 4.39 Å². The SMILES string of the molecule is CC.Cc1ccc(OC(F)F)cc1F. The lowest BCUT2D eigenvalue weighted by molar-refractivity contribution is -0.0500. The van der Waals surface area contributed by atoms with Crippen LogP contribution >= 0.6 is 0 Å². The van der Waals surface area contributed by atoms with Crippen LogP contribution in [0.4, 0.5) is 13.2 Å². The van der Waals surface area contributed by atoms with Crippen molar-refractivity contribution in [1.29, 1.82) is 0 Å². The van der Waals surface area contributed by atoms with E-state index < -0.39 is 12.4 Å². The van der Waals surface area contributed by atoms with Gasteiger partial charge in [0.2, 0.25) is 0 Å². The molecular formula is C10H13F3O. The third-order valence-corrected chi connectivity index (χ3v) is 1.37. The van der Waals surface area contributed by atoms with Gasteiger partial charge in [0.1, 0.15) is 11.6 Å². The fourth-order valence-electron chi connectivity index (χ4n) is 0.750. The molecule has 1 aromatic rings. The molecule has 0 amide bonds. The highest BCUT2D eigenvalue weighted by Crippen LogP contribution is 2.17. The first-order valence-electron chi connectivity index (χ1n) is 4.30. The Kier molecular flexibility index (Phi) is 5.76. The zero-order chi connectivity index (χ0) is 11.1. The van der Waals surface area contributed by atoms with Crippen LogP contribution in [-0.2, 0) is 0 Å². The maximum absolute atomic E-state index is 12.7. The van der Waals surface area contributed by atoms with Gasteiger partial charge in [-0.05, 0) is 18.6 Å². The van der Waals surface area contributed by atoms with Gasteiger partial charge in [-0.15, -0.1) is 0 Å². The Morgan fingerprint density at radius 2 is 1.79 bits per heavy atom. The maximum atomic E-state index is 12.7. The Morgan fingerprint density at radius 3 is 2.21 bits per heavy atom. The smallest absolute Gasteiger partial charge is 0.387 e. The molecule has 0 N–H and O–H groups in total. The third kappa shape index (κ3) is 4.16. The van der Waals surface area contributed by atoms with E-state index in [0.29, 0.717) is 5.56 Å². The minimum absolute atomic E-state index is 0.159. The molecular weight excluding hydrogens is 193 g/mol. The Hall–Kier alpha value is -1.19. The van der Waals surface area contributed by atoms with E-state index in [0.717, 1.165) is 6.07 Å². The highest BCUT2D eigenvalue weighted by Gasteiger charge is 2.05. The summed E-state index contributed by atoms with van der Waals surface area (Å²) in [7, 11) is 0. The van der Waals surface area contributed by atoms with Crippen LogP contribution in [-0.4, -0.2) is 6.61 Å². The Labute approximate surface area is 81.5 Å². The molecule has 80 valence electrons. The summed E-state index contributed by atoms with van der Waals surface area (Å²) in [5.74, 6) is -0.707. The van der Waals surface area contributed by atoms with E-state index in [1.165, 1.54) is 12.1 Å². The topological polar surface area (TPSA) is 9.23 Å². The molecule has 0 aliphatic carbocycles. The molecule has 1 rings (SSSR count). The van der Waals surface area contributed by atoms with Crippen LogP contribution in [0.2, 0.25) is 0 Å². The standard InChI is InChI=1S/C8H7F3O.C2H6/c1-5-2-3-6(4-7(5)9)12-8(10)11;1-2/h2-4,8H,1H3;1-2H3. The molecule has 0 fully saturated rings. The molecule has 0 atom stereocenters. The molecule has 1 aromatic carbocycles. The molecule has 0 radical (unpaired) electrons. The number of ether oxygens (including phenoxy) is 1. The summed E-state index contributed by atoms with van der Waals surface area (Å²) in [6.07, 6.45) is 0. The van der Waals surface area contributed by atoms with E-state index in [2.05, 4.69) is 4.74 Å². The summed E-state index contributed by atoms with van der Waals surface area (Å²) in [6.45, 7) is 2.63. The van der Waals surface area contributed by atoms with E-state index in [-0.39, 0.29) is 5.75 Å². The lowest BCUT2D eigenvalue weighted by Crippen LogP contribution is -2.02. The summed E-state index contributed by atoms with van der Waals surface area (Å²) >= 11 is 0. The van der Waals surface area contributed by atoms with Crippen LogP contribution in [0.3, 0.4) is 0 Å². The van der Waals surface area contributed by atoms with Crippen LogP contribution in [0.25, 0.3) is 0 Å². The summed E-state index contributed by atoms with van der Waals surface area (Å²) in [6, 6.07) is 3.61. The second-order valence-corrected chi connectivity index (χ2v) is 2.29. The van der Waals surface area contributed by atoms with Crippen LogP contribution in [0, 0.1) is 12.7 Å². The Balaban J connectivity index is 0.000000791. The highest BCUT2D eigenvalue weighted by molar-refractivity contribution is 5.27. The molecule has 1 nitrogen and oxygen atoms in total. The van der Waals surface area contributed by atoms with Crippen molar-refractivity contribution in [2.75, 3.05) is 0 Å². The fourth-order valence-corrected chi connectivity index (χ4v) is 0.750. The Bertz CT molecular complexity index is 274. The minimum Gasteiger partial charge on any atom is -0.435 e. The molecule has 0 saturated carbocycles. The molecule has 0 aromatic heterocycles. The first-order chi connectivity index (χ1) is 6.59. The molecule has 0 bridgehead atoms. The molecule has 0 aliphatic rings. The van der Waals surface area contributed by atoms with Crippen LogP contribution in [0.1, 0.15) is 19.4 Å². The molecule has 4 heteroatoms. The number of benzene rings is 1. The summed E-state index contributed by atoms with van der Waals surface area (Å²) < 4.78 is 39.9. The fraction of sp³-hybridized carbons (Fsp3) is 0.400. The minimum atomic E-state index is -2.91. The predicted molar refractivity (Wildman–Crippen MR) is 49.1 cm³/mol. The lowest BCUT2D eigenvalue weighted by atomic mass is 10.2. The second-order valence-electron chi connectivity index (χ2n) is 2.29. The normalized spacial score (nSPS) is 9.36. The second kappa shape index (κ2) is 6.29. The van der Waals surface area contributed by atoms with Gasteiger partial charge in [0.15, 0.2) is 0 Å². The van der Waals surface area contributed by atoms with E-state index >= 15 is 0 Å². The first-order valence-corrected chi connectivity index (χ1v) is 4.30. The molecule has 0 spiro atoms. The van der Waals surface area contributed by atoms with Crippen LogP contribution < -0.4 is 4.74 Å². The summed E-state index contributed by atoms with van der Waals surface area (Å²) in [5, 5.41) is 0. The van der Waals surface area contributed by atoms with Crippen molar-refractivity contribution < 1.29 is 17.9 Å². The monoisotopic (exact) mass is 206 g/mol. The van der Waals surface area contributed by atoms with Crippen molar-refractivity contribution in [2.45, 2.75) is 27.4 Å². The van der Waals surface area contributed by atoms with E-state index in [1.807, 2.05) is 13.8 Å². The number of hydrogen-bond acceptors (Lipinski definition) is 1.